The lowest BCUT2D eigenvalue weighted by molar-refractivity contribution is -0.137. The van der Waals surface area contributed by atoms with Crippen LogP contribution in [-0.2, 0) is 9.59 Å². The van der Waals surface area contributed by atoms with Crippen molar-refractivity contribution in [3.05, 3.63) is 59.1 Å². The highest BCUT2D eigenvalue weighted by atomic mass is 35.5. The van der Waals surface area contributed by atoms with Gasteiger partial charge in [-0.1, -0.05) is 24.4 Å². The number of carbonyl (C=O) groups is 3. The van der Waals surface area contributed by atoms with Crippen LogP contribution in [-0.4, -0.2) is 61.5 Å². The number of nitrogens with one attached hydrogen (secondary N) is 2. The van der Waals surface area contributed by atoms with Gasteiger partial charge in [0.15, 0.2) is 6.61 Å². The summed E-state index contributed by atoms with van der Waals surface area (Å²) >= 11 is 5.89. The molecule has 3 amide bonds. The fourth-order valence-corrected chi connectivity index (χ4v) is 5.08. The van der Waals surface area contributed by atoms with E-state index in [1.807, 2.05) is 0 Å². The van der Waals surface area contributed by atoms with Crippen LogP contribution in [0.25, 0.3) is 0 Å². The van der Waals surface area contributed by atoms with Crippen molar-refractivity contribution < 1.29 is 23.9 Å². The molecule has 0 bridgehead atoms. The van der Waals surface area contributed by atoms with Crippen LogP contribution in [0.1, 0.15) is 48.9 Å². The summed E-state index contributed by atoms with van der Waals surface area (Å²) in [6, 6.07) is 13.6. The van der Waals surface area contributed by atoms with Gasteiger partial charge in [0.1, 0.15) is 11.5 Å². The molecule has 2 aliphatic rings. The number of nitrogens with zero attached hydrogens (tertiary/aromatic N) is 1. The molecule has 1 saturated carbocycles. The SMILES string of the molecule is COc1ccc(C(=O)N[C@@H]2CCCC[C@H]2NC(=O)[C@H]2CCCN(C(=O)COc3ccc(Cl)cc3)C2)cc1. The van der Waals surface area contributed by atoms with E-state index in [1.165, 1.54) is 0 Å². The Bertz CT molecular complexity index is 1080. The summed E-state index contributed by atoms with van der Waals surface area (Å²) < 4.78 is 10.8. The number of ether oxygens (including phenoxy) is 2. The van der Waals surface area contributed by atoms with Crippen LogP contribution in [0.3, 0.4) is 0 Å². The molecule has 1 aliphatic heterocycles. The summed E-state index contributed by atoms with van der Waals surface area (Å²) in [6.07, 6.45) is 5.10. The maximum atomic E-state index is 13.2. The van der Waals surface area contributed by atoms with Crippen LogP contribution >= 0.6 is 11.6 Å². The van der Waals surface area contributed by atoms with Gasteiger partial charge in [0.25, 0.3) is 11.8 Å². The van der Waals surface area contributed by atoms with E-state index in [-0.39, 0.29) is 42.3 Å². The van der Waals surface area contributed by atoms with Gasteiger partial charge in [-0.3, -0.25) is 14.4 Å². The molecule has 2 N–H and O–H groups in total. The molecule has 1 heterocycles. The second kappa shape index (κ2) is 12.8. The first-order chi connectivity index (χ1) is 17.9. The number of benzene rings is 2. The van der Waals surface area contributed by atoms with Gasteiger partial charge in [-0.2, -0.15) is 0 Å². The van der Waals surface area contributed by atoms with Crippen LogP contribution in [0.5, 0.6) is 11.5 Å². The molecule has 1 aliphatic carbocycles. The summed E-state index contributed by atoms with van der Waals surface area (Å²) in [4.78, 5) is 40.4. The monoisotopic (exact) mass is 527 g/mol. The summed E-state index contributed by atoms with van der Waals surface area (Å²) in [7, 11) is 1.58. The quantitative estimate of drug-likeness (QED) is 0.544. The van der Waals surface area contributed by atoms with Crippen LogP contribution < -0.4 is 20.1 Å². The molecule has 37 heavy (non-hydrogen) atoms. The first kappa shape index (κ1) is 26.8. The first-order valence-corrected chi connectivity index (χ1v) is 13.2. The number of piperidine rings is 1. The molecule has 0 unspecified atom stereocenters. The van der Waals surface area contributed by atoms with E-state index in [9.17, 15) is 14.4 Å². The van der Waals surface area contributed by atoms with Crippen molar-refractivity contribution in [3.8, 4) is 11.5 Å². The highest BCUT2D eigenvalue weighted by Gasteiger charge is 2.33. The minimum Gasteiger partial charge on any atom is -0.497 e. The summed E-state index contributed by atoms with van der Waals surface area (Å²) in [5.41, 5.74) is 0.554. The molecule has 2 aromatic rings. The molecule has 0 spiro atoms. The number of hydrogen-bond donors (Lipinski definition) is 2. The highest BCUT2D eigenvalue weighted by Crippen LogP contribution is 2.23. The van der Waals surface area contributed by atoms with E-state index >= 15 is 0 Å². The first-order valence-electron chi connectivity index (χ1n) is 12.8. The van der Waals surface area contributed by atoms with E-state index in [2.05, 4.69) is 10.6 Å². The standard InChI is InChI=1S/C28H34ClN3O5/c1-36-22-12-8-19(9-13-22)27(34)30-24-6-2-3-7-25(24)31-28(35)20-5-4-16-32(17-20)26(33)18-37-23-14-10-21(29)11-15-23/h8-15,20,24-25H,2-7,16-18H2,1H3,(H,30,34)(H,31,35)/t20-,24+,25+/m0/s1. The maximum Gasteiger partial charge on any atom is 0.260 e. The fraction of sp³-hybridized carbons (Fsp3) is 0.464. The fourth-order valence-electron chi connectivity index (χ4n) is 4.96. The molecule has 198 valence electrons. The predicted octanol–water partition coefficient (Wildman–Crippen LogP) is 3.82. The van der Waals surface area contributed by atoms with Gasteiger partial charge in [-0.15, -0.1) is 0 Å². The molecular weight excluding hydrogens is 494 g/mol. The van der Waals surface area contributed by atoms with Crippen molar-refractivity contribution in [2.24, 2.45) is 5.92 Å². The molecule has 2 aromatic carbocycles. The summed E-state index contributed by atoms with van der Waals surface area (Å²) in [5.74, 6) is 0.610. The zero-order valence-corrected chi connectivity index (χ0v) is 21.8. The zero-order valence-electron chi connectivity index (χ0n) is 21.1. The number of methoxy groups -OCH3 is 1. The second-order valence-corrected chi connectivity index (χ2v) is 10.1. The van der Waals surface area contributed by atoms with Gasteiger partial charge in [-0.05, 0) is 74.2 Å². The van der Waals surface area contributed by atoms with E-state index in [0.717, 1.165) is 38.5 Å². The molecule has 0 aromatic heterocycles. The Morgan fingerprint density at radius 3 is 2.22 bits per heavy atom. The predicted molar refractivity (Wildman–Crippen MR) is 141 cm³/mol. The lowest BCUT2D eigenvalue weighted by Gasteiger charge is -2.36. The molecular formula is C28H34ClN3O5. The van der Waals surface area contributed by atoms with Crippen LogP contribution in [0.2, 0.25) is 5.02 Å². The maximum absolute atomic E-state index is 13.2. The van der Waals surface area contributed by atoms with Crippen molar-refractivity contribution in [2.75, 3.05) is 26.8 Å². The smallest absolute Gasteiger partial charge is 0.260 e. The third kappa shape index (κ3) is 7.38. The van der Waals surface area contributed by atoms with Crippen molar-refractivity contribution in [2.45, 2.75) is 50.6 Å². The van der Waals surface area contributed by atoms with Crippen LogP contribution in [0.15, 0.2) is 48.5 Å². The minimum atomic E-state index is -0.284. The number of likely N-dealkylation sites (tertiary alicyclic amines) is 1. The van der Waals surface area contributed by atoms with Crippen LogP contribution in [0.4, 0.5) is 0 Å². The van der Waals surface area contributed by atoms with E-state index in [0.29, 0.717) is 35.2 Å². The lowest BCUT2D eigenvalue weighted by Crippen LogP contribution is -2.55. The van der Waals surface area contributed by atoms with Gasteiger partial charge >= 0.3 is 0 Å². The van der Waals surface area contributed by atoms with Crippen molar-refractivity contribution in [1.29, 1.82) is 0 Å². The second-order valence-electron chi connectivity index (χ2n) is 9.63. The molecule has 1 saturated heterocycles. The van der Waals surface area contributed by atoms with Gasteiger partial charge in [0.2, 0.25) is 5.91 Å². The Hall–Kier alpha value is -3.26. The largest absolute Gasteiger partial charge is 0.497 e. The van der Waals surface area contributed by atoms with E-state index in [1.54, 1.807) is 60.5 Å². The van der Waals surface area contributed by atoms with Gasteiger partial charge < -0.3 is 25.0 Å². The molecule has 4 rings (SSSR count). The Balaban J connectivity index is 1.29. The zero-order chi connectivity index (χ0) is 26.2. The normalized spacial score (nSPS) is 21.6. The van der Waals surface area contributed by atoms with E-state index in [4.69, 9.17) is 21.1 Å². The molecule has 8 nitrogen and oxygen atoms in total. The average Bonchev–Trinajstić information content (AvgIpc) is 2.93. The topological polar surface area (TPSA) is 97.0 Å². The summed E-state index contributed by atoms with van der Waals surface area (Å²) in [6.45, 7) is 0.888. The van der Waals surface area contributed by atoms with Crippen molar-refractivity contribution in [1.82, 2.24) is 15.5 Å². The average molecular weight is 528 g/mol. The summed E-state index contributed by atoms with van der Waals surface area (Å²) in [5, 5.41) is 6.89. The van der Waals surface area contributed by atoms with Crippen molar-refractivity contribution in [3.63, 3.8) is 0 Å². The third-order valence-corrected chi connectivity index (χ3v) is 7.34. The number of amides is 3. The van der Waals surface area contributed by atoms with Crippen molar-refractivity contribution >= 4 is 29.3 Å². The van der Waals surface area contributed by atoms with E-state index < -0.39 is 0 Å². The lowest BCUT2D eigenvalue weighted by atomic mass is 9.88. The number of carbonyl (C=O) groups excluding carboxylic acids is 3. The third-order valence-electron chi connectivity index (χ3n) is 7.08. The Morgan fingerprint density at radius 1 is 0.892 bits per heavy atom. The Kier molecular flexibility index (Phi) is 9.28. The number of halogens is 1. The molecule has 2 fully saturated rings. The number of hydrogen-bond acceptors (Lipinski definition) is 5. The molecule has 3 atom stereocenters. The molecule has 0 radical (unpaired) electrons. The van der Waals surface area contributed by atoms with Gasteiger partial charge in [0.05, 0.1) is 13.0 Å². The van der Waals surface area contributed by atoms with Gasteiger partial charge in [-0.25, -0.2) is 0 Å². The minimum absolute atomic E-state index is 0.0632. The van der Waals surface area contributed by atoms with Crippen LogP contribution in [0, 0.1) is 5.92 Å². The Labute approximate surface area is 222 Å². The van der Waals surface area contributed by atoms with Gasteiger partial charge in [0, 0.05) is 35.8 Å². The number of rotatable bonds is 8. The molecule has 9 heteroatoms. The Morgan fingerprint density at radius 2 is 1.54 bits per heavy atom. The highest BCUT2D eigenvalue weighted by molar-refractivity contribution is 6.30.